The van der Waals surface area contributed by atoms with Gasteiger partial charge in [0.25, 0.3) is 5.91 Å². The van der Waals surface area contributed by atoms with Gasteiger partial charge in [-0.15, -0.1) is 5.73 Å². The molecule has 1 fully saturated rings. The molecule has 2 N–H and O–H groups in total. The lowest BCUT2D eigenvalue weighted by Gasteiger charge is -2.39. The van der Waals surface area contributed by atoms with E-state index in [0.29, 0.717) is 17.8 Å². The first-order chi connectivity index (χ1) is 13.4. The zero-order valence-corrected chi connectivity index (χ0v) is 17.0. The fourth-order valence-corrected chi connectivity index (χ4v) is 3.88. The van der Waals surface area contributed by atoms with Crippen molar-refractivity contribution in [3.63, 3.8) is 0 Å². The van der Waals surface area contributed by atoms with Gasteiger partial charge in [-0.2, -0.15) is 0 Å². The molecule has 1 atom stereocenters. The third kappa shape index (κ3) is 5.03. The molecule has 2 aliphatic rings. The molecule has 28 heavy (non-hydrogen) atoms. The molecule has 2 aliphatic carbocycles. The molecular weight excluding hydrogens is 352 g/mol. The number of urea groups is 1. The Morgan fingerprint density at radius 2 is 2.04 bits per heavy atom. The SMILES string of the molecule is CN(C)CCN(C)C(=O)c1cccc(NC(=O)NC23CC=C=C(CCC2)C3)c1. The van der Waals surface area contributed by atoms with Crippen LogP contribution in [0.15, 0.2) is 41.6 Å². The van der Waals surface area contributed by atoms with Crippen LogP contribution in [0.25, 0.3) is 0 Å². The van der Waals surface area contributed by atoms with E-state index in [2.05, 4.69) is 16.4 Å². The van der Waals surface area contributed by atoms with E-state index in [1.54, 1.807) is 36.2 Å². The lowest BCUT2D eigenvalue weighted by atomic mass is 9.75. The summed E-state index contributed by atoms with van der Waals surface area (Å²) >= 11 is 0. The number of hydrogen-bond acceptors (Lipinski definition) is 3. The van der Waals surface area contributed by atoms with Gasteiger partial charge in [0.15, 0.2) is 0 Å². The molecule has 0 aliphatic heterocycles. The van der Waals surface area contributed by atoms with Gasteiger partial charge in [0.05, 0.1) is 5.54 Å². The summed E-state index contributed by atoms with van der Waals surface area (Å²) in [5, 5.41) is 6.07. The summed E-state index contributed by atoms with van der Waals surface area (Å²) in [5.41, 5.74) is 5.62. The number of fused-ring (bicyclic) bond motifs is 2. The van der Waals surface area contributed by atoms with E-state index >= 15 is 0 Å². The van der Waals surface area contributed by atoms with Gasteiger partial charge in [-0.1, -0.05) is 6.07 Å². The Morgan fingerprint density at radius 1 is 1.21 bits per heavy atom. The molecule has 1 unspecified atom stereocenters. The van der Waals surface area contributed by atoms with Gasteiger partial charge in [-0.25, -0.2) is 4.79 Å². The predicted octanol–water partition coefficient (Wildman–Crippen LogP) is 3.24. The van der Waals surface area contributed by atoms with E-state index in [4.69, 9.17) is 0 Å². The molecule has 1 saturated carbocycles. The van der Waals surface area contributed by atoms with Crippen LogP contribution in [-0.2, 0) is 0 Å². The highest BCUT2D eigenvalue weighted by Gasteiger charge is 2.36. The van der Waals surface area contributed by atoms with E-state index in [1.165, 1.54) is 5.57 Å². The first kappa shape index (κ1) is 20.2. The van der Waals surface area contributed by atoms with Crippen molar-refractivity contribution in [2.75, 3.05) is 39.5 Å². The van der Waals surface area contributed by atoms with Crippen molar-refractivity contribution >= 4 is 17.6 Å². The molecule has 1 aromatic rings. The van der Waals surface area contributed by atoms with E-state index in [0.717, 1.165) is 38.6 Å². The van der Waals surface area contributed by atoms with Gasteiger partial charge in [0.1, 0.15) is 0 Å². The van der Waals surface area contributed by atoms with Crippen LogP contribution in [0.5, 0.6) is 0 Å². The van der Waals surface area contributed by atoms with Crippen LogP contribution in [0.3, 0.4) is 0 Å². The third-order valence-electron chi connectivity index (χ3n) is 5.46. The number of benzene rings is 1. The van der Waals surface area contributed by atoms with Crippen molar-refractivity contribution in [2.45, 2.75) is 37.6 Å². The second-order valence-corrected chi connectivity index (χ2v) is 8.16. The highest BCUT2D eigenvalue weighted by Crippen LogP contribution is 2.36. The molecule has 0 heterocycles. The van der Waals surface area contributed by atoms with Crippen LogP contribution in [-0.4, -0.2) is 61.5 Å². The first-order valence-corrected chi connectivity index (χ1v) is 9.89. The average Bonchev–Trinajstić information content (AvgIpc) is 2.65. The lowest BCUT2D eigenvalue weighted by molar-refractivity contribution is 0.0786. The number of amides is 3. The Hall–Kier alpha value is -2.56. The fourth-order valence-electron chi connectivity index (χ4n) is 3.88. The number of nitrogens with zero attached hydrogens (tertiary/aromatic N) is 2. The largest absolute Gasteiger partial charge is 0.340 e. The fraction of sp³-hybridized carbons (Fsp3) is 0.500. The van der Waals surface area contributed by atoms with Gasteiger partial charge in [-0.3, -0.25) is 4.79 Å². The molecule has 150 valence electrons. The maximum atomic E-state index is 12.6. The highest BCUT2D eigenvalue weighted by molar-refractivity contribution is 5.96. The van der Waals surface area contributed by atoms with Crippen LogP contribution in [0.1, 0.15) is 42.5 Å². The molecule has 0 aromatic heterocycles. The Kier molecular flexibility index (Phi) is 6.22. The Bertz CT molecular complexity index is 811. The quantitative estimate of drug-likeness (QED) is 0.743. The van der Waals surface area contributed by atoms with Crippen molar-refractivity contribution in [3.8, 4) is 0 Å². The summed E-state index contributed by atoms with van der Waals surface area (Å²) in [5.74, 6) is -0.0519. The maximum absolute atomic E-state index is 12.6. The molecule has 1 aromatic carbocycles. The zero-order valence-electron chi connectivity index (χ0n) is 17.0. The van der Waals surface area contributed by atoms with Gasteiger partial charge in [-0.05, 0) is 76.0 Å². The van der Waals surface area contributed by atoms with Crippen LogP contribution in [0, 0.1) is 0 Å². The van der Waals surface area contributed by atoms with Crippen molar-refractivity contribution in [1.82, 2.24) is 15.1 Å². The summed E-state index contributed by atoms with van der Waals surface area (Å²) in [6.45, 7) is 1.45. The normalized spacial score (nSPS) is 20.5. The predicted molar refractivity (Wildman–Crippen MR) is 112 cm³/mol. The van der Waals surface area contributed by atoms with Crippen LogP contribution < -0.4 is 10.6 Å². The number of carbonyl (C=O) groups is 2. The van der Waals surface area contributed by atoms with Crippen molar-refractivity contribution < 1.29 is 9.59 Å². The molecule has 0 radical (unpaired) electrons. The first-order valence-electron chi connectivity index (χ1n) is 9.89. The standard InChI is InChI=1S/C22H30N4O2/c1-25(2)13-14-26(3)20(27)18-9-4-10-19(15-18)23-21(28)24-22-11-5-7-17(16-22)8-6-12-22/h4-5,9-10,15H,6,8,11-14,16H2,1-3H3,(H2,23,24,28). The molecule has 6 nitrogen and oxygen atoms in total. The topological polar surface area (TPSA) is 64.7 Å². The van der Waals surface area contributed by atoms with Crippen LogP contribution in [0.4, 0.5) is 10.5 Å². The van der Waals surface area contributed by atoms with Gasteiger partial charge < -0.3 is 20.4 Å². The van der Waals surface area contributed by atoms with E-state index in [9.17, 15) is 9.59 Å². The molecule has 0 saturated heterocycles. The van der Waals surface area contributed by atoms with Crippen molar-refractivity contribution in [2.24, 2.45) is 0 Å². The minimum atomic E-state index is -0.220. The molecule has 3 rings (SSSR count). The maximum Gasteiger partial charge on any atom is 0.319 e. The number of rotatable bonds is 6. The summed E-state index contributed by atoms with van der Waals surface area (Å²) in [6.07, 6.45) is 6.89. The van der Waals surface area contributed by atoms with Crippen LogP contribution >= 0.6 is 0 Å². The molecule has 6 heteroatoms. The second-order valence-electron chi connectivity index (χ2n) is 8.16. The van der Waals surface area contributed by atoms with E-state index in [-0.39, 0.29) is 17.5 Å². The zero-order chi connectivity index (χ0) is 20.1. The Labute approximate surface area is 167 Å². The summed E-state index contributed by atoms with van der Waals surface area (Å²) < 4.78 is 0. The van der Waals surface area contributed by atoms with E-state index < -0.39 is 0 Å². The number of anilines is 1. The second kappa shape index (κ2) is 8.63. The van der Waals surface area contributed by atoms with E-state index in [1.807, 2.05) is 25.1 Å². The number of hydrogen-bond donors (Lipinski definition) is 2. The van der Waals surface area contributed by atoms with Gasteiger partial charge in [0.2, 0.25) is 0 Å². The minimum Gasteiger partial charge on any atom is -0.340 e. The number of nitrogens with one attached hydrogen (secondary N) is 2. The van der Waals surface area contributed by atoms with Crippen molar-refractivity contribution in [3.05, 3.63) is 47.2 Å². The minimum absolute atomic E-state index is 0.0519. The van der Waals surface area contributed by atoms with Crippen LogP contribution in [0.2, 0.25) is 0 Å². The Morgan fingerprint density at radius 3 is 2.82 bits per heavy atom. The monoisotopic (exact) mass is 382 g/mol. The summed E-state index contributed by atoms with van der Waals surface area (Å²) in [7, 11) is 5.75. The summed E-state index contributed by atoms with van der Waals surface area (Å²) in [4.78, 5) is 29.0. The van der Waals surface area contributed by atoms with Gasteiger partial charge >= 0.3 is 6.03 Å². The smallest absolute Gasteiger partial charge is 0.319 e. The molecular formula is C22H30N4O2. The van der Waals surface area contributed by atoms with Crippen molar-refractivity contribution in [1.29, 1.82) is 0 Å². The third-order valence-corrected chi connectivity index (χ3v) is 5.46. The molecule has 0 spiro atoms. The highest BCUT2D eigenvalue weighted by atomic mass is 16.2. The molecule has 2 bridgehead atoms. The lowest BCUT2D eigenvalue weighted by Crippen LogP contribution is -2.51. The number of carbonyl (C=O) groups excluding carboxylic acids is 2. The molecule has 3 amide bonds. The average molecular weight is 383 g/mol. The number of likely N-dealkylation sites (N-methyl/N-ethyl adjacent to an activating group) is 2. The Balaban J connectivity index is 1.60. The summed E-state index contributed by atoms with van der Waals surface area (Å²) in [6, 6.07) is 6.90. The van der Waals surface area contributed by atoms with Gasteiger partial charge in [0, 0.05) is 31.4 Å².